The lowest BCUT2D eigenvalue weighted by Gasteiger charge is -2.17. The molecule has 98 valence electrons. The SMILES string of the molecule is CCOC(=O)CC[C@]1(c2ccc(Br)cc2)C[C@H]1C. The maximum atomic E-state index is 11.5. The molecule has 1 fully saturated rings. The van der Waals surface area contributed by atoms with Crippen molar-refractivity contribution in [2.24, 2.45) is 5.92 Å². The Morgan fingerprint density at radius 3 is 2.56 bits per heavy atom. The number of benzene rings is 1. The normalized spacial score (nSPS) is 25.8. The van der Waals surface area contributed by atoms with Gasteiger partial charge in [-0.25, -0.2) is 0 Å². The highest BCUT2D eigenvalue weighted by molar-refractivity contribution is 9.10. The summed E-state index contributed by atoms with van der Waals surface area (Å²) in [5, 5.41) is 0. The Hall–Kier alpha value is -0.830. The smallest absolute Gasteiger partial charge is 0.305 e. The highest BCUT2D eigenvalue weighted by Crippen LogP contribution is 2.57. The van der Waals surface area contributed by atoms with Crippen molar-refractivity contribution in [3.8, 4) is 0 Å². The summed E-state index contributed by atoms with van der Waals surface area (Å²) < 4.78 is 6.11. The quantitative estimate of drug-likeness (QED) is 0.766. The zero-order chi connectivity index (χ0) is 13.2. The Labute approximate surface area is 117 Å². The molecule has 1 aliphatic rings. The summed E-state index contributed by atoms with van der Waals surface area (Å²) in [6.45, 7) is 4.58. The molecular formula is C15H19BrO2. The third-order valence-electron chi connectivity index (χ3n) is 3.95. The Morgan fingerprint density at radius 2 is 2.06 bits per heavy atom. The third-order valence-corrected chi connectivity index (χ3v) is 4.48. The lowest BCUT2D eigenvalue weighted by atomic mass is 9.89. The van der Waals surface area contributed by atoms with E-state index >= 15 is 0 Å². The van der Waals surface area contributed by atoms with Crippen LogP contribution in [-0.2, 0) is 14.9 Å². The van der Waals surface area contributed by atoms with Crippen LogP contribution >= 0.6 is 15.9 Å². The van der Waals surface area contributed by atoms with Crippen LogP contribution in [0.4, 0.5) is 0 Å². The van der Waals surface area contributed by atoms with Gasteiger partial charge in [-0.15, -0.1) is 0 Å². The number of rotatable bonds is 5. The van der Waals surface area contributed by atoms with Gasteiger partial charge in [0.05, 0.1) is 6.61 Å². The fraction of sp³-hybridized carbons (Fsp3) is 0.533. The molecule has 0 saturated heterocycles. The largest absolute Gasteiger partial charge is 0.466 e. The Balaban J connectivity index is 2.03. The second kappa shape index (κ2) is 5.43. The van der Waals surface area contributed by atoms with E-state index in [9.17, 15) is 4.79 Å². The minimum absolute atomic E-state index is 0.0758. The molecule has 0 aromatic heterocycles. The molecule has 0 heterocycles. The van der Waals surface area contributed by atoms with Gasteiger partial charge in [-0.05, 0) is 48.8 Å². The fourth-order valence-corrected chi connectivity index (χ4v) is 2.99. The van der Waals surface area contributed by atoms with Crippen LogP contribution in [0.1, 0.15) is 38.7 Å². The van der Waals surface area contributed by atoms with Gasteiger partial charge in [-0.1, -0.05) is 35.0 Å². The van der Waals surface area contributed by atoms with Crippen LogP contribution < -0.4 is 0 Å². The van der Waals surface area contributed by atoms with Gasteiger partial charge < -0.3 is 4.74 Å². The van der Waals surface area contributed by atoms with Crippen molar-refractivity contribution < 1.29 is 9.53 Å². The number of carbonyl (C=O) groups excluding carboxylic acids is 1. The molecule has 1 aromatic carbocycles. The molecule has 18 heavy (non-hydrogen) atoms. The minimum Gasteiger partial charge on any atom is -0.466 e. The van der Waals surface area contributed by atoms with E-state index in [4.69, 9.17) is 4.74 Å². The van der Waals surface area contributed by atoms with E-state index in [0.717, 1.165) is 10.9 Å². The molecule has 2 atom stereocenters. The van der Waals surface area contributed by atoms with Gasteiger partial charge in [0.25, 0.3) is 0 Å². The number of halogens is 1. The molecule has 3 heteroatoms. The van der Waals surface area contributed by atoms with E-state index in [0.29, 0.717) is 18.9 Å². The van der Waals surface area contributed by atoms with Gasteiger partial charge >= 0.3 is 5.97 Å². The van der Waals surface area contributed by atoms with Crippen molar-refractivity contribution in [1.82, 2.24) is 0 Å². The fourth-order valence-electron chi connectivity index (χ4n) is 2.72. The molecule has 1 saturated carbocycles. The number of hydrogen-bond acceptors (Lipinski definition) is 2. The molecule has 1 aromatic rings. The summed E-state index contributed by atoms with van der Waals surface area (Å²) >= 11 is 3.46. The Morgan fingerprint density at radius 1 is 1.44 bits per heavy atom. The molecule has 0 amide bonds. The average molecular weight is 311 g/mol. The monoisotopic (exact) mass is 310 g/mol. The van der Waals surface area contributed by atoms with E-state index < -0.39 is 0 Å². The predicted molar refractivity (Wildman–Crippen MR) is 75.5 cm³/mol. The van der Waals surface area contributed by atoms with Gasteiger partial charge in [0.2, 0.25) is 0 Å². The second-order valence-corrected chi connectivity index (χ2v) is 5.99. The predicted octanol–water partition coefficient (Wildman–Crippen LogP) is 4.07. The molecule has 0 N–H and O–H groups in total. The maximum Gasteiger partial charge on any atom is 0.305 e. The molecular weight excluding hydrogens is 292 g/mol. The van der Waals surface area contributed by atoms with Crippen molar-refractivity contribution >= 4 is 21.9 Å². The van der Waals surface area contributed by atoms with Gasteiger partial charge in [-0.3, -0.25) is 4.79 Å². The number of hydrogen-bond donors (Lipinski definition) is 0. The first kappa shape index (κ1) is 13.6. The molecule has 1 aliphatic carbocycles. The lowest BCUT2D eigenvalue weighted by Crippen LogP contribution is -2.13. The Kier molecular flexibility index (Phi) is 4.10. The van der Waals surface area contributed by atoms with Crippen LogP contribution in [0.3, 0.4) is 0 Å². The summed E-state index contributed by atoms with van der Waals surface area (Å²) in [5.74, 6) is 0.584. The van der Waals surface area contributed by atoms with Crippen LogP contribution in [0, 0.1) is 5.92 Å². The van der Waals surface area contributed by atoms with E-state index in [1.165, 1.54) is 12.0 Å². The highest BCUT2D eigenvalue weighted by Gasteiger charge is 2.51. The first-order valence-electron chi connectivity index (χ1n) is 6.50. The molecule has 2 rings (SSSR count). The number of ether oxygens (including phenoxy) is 1. The summed E-state index contributed by atoms with van der Waals surface area (Å²) in [4.78, 5) is 11.5. The van der Waals surface area contributed by atoms with Crippen LogP contribution in [0.5, 0.6) is 0 Å². The lowest BCUT2D eigenvalue weighted by molar-refractivity contribution is -0.143. The summed E-state index contributed by atoms with van der Waals surface area (Å²) in [6.07, 6.45) is 2.59. The zero-order valence-electron chi connectivity index (χ0n) is 10.9. The molecule has 0 bridgehead atoms. The van der Waals surface area contributed by atoms with E-state index in [2.05, 4.69) is 47.1 Å². The van der Waals surface area contributed by atoms with Gasteiger partial charge in [0.15, 0.2) is 0 Å². The average Bonchev–Trinajstić information content (AvgIpc) is 3.00. The first-order valence-corrected chi connectivity index (χ1v) is 7.29. The van der Waals surface area contributed by atoms with Crippen LogP contribution in [0.15, 0.2) is 28.7 Å². The second-order valence-electron chi connectivity index (χ2n) is 5.07. The van der Waals surface area contributed by atoms with Crippen molar-refractivity contribution in [2.45, 2.75) is 38.5 Å². The zero-order valence-corrected chi connectivity index (χ0v) is 12.5. The van der Waals surface area contributed by atoms with Crippen molar-refractivity contribution in [2.75, 3.05) is 6.61 Å². The van der Waals surface area contributed by atoms with Crippen molar-refractivity contribution in [3.05, 3.63) is 34.3 Å². The number of carbonyl (C=O) groups is 1. The molecule has 0 aliphatic heterocycles. The molecule has 0 spiro atoms. The van der Waals surface area contributed by atoms with Gasteiger partial charge in [0.1, 0.15) is 0 Å². The Bertz CT molecular complexity index is 427. The van der Waals surface area contributed by atoms with E-state index in [-0.39, 0.29) is 11.4 Å². The van der Waals surface area contributed by atoms with E-state index in [1.807, 2.05) is 6.92 Å². The van der Waals surface area contributed by atoms with Crippen molar-refractivity contribution in [1.29, 1.82) is 0 Å². The molecule has 2 nitrogen and oxygen atoms in total. The van der Waals surface area contributed by atoms with Crippen LogP contribution in [0.2, 0.25) is 0 Å². The van der Waals surface area contributed by atoms with Crippen LogP contribution in [0.25, 0.3) is 0 Å². The summed E-state index contributed by atoms with van der Waals surface area (Å²) in [7, 11) is 0. The van der Waals surface area contributed by atoms with Crippen LogP contribution in [-0.4, -0.2) is 12.6 Å². The van der Waals surface area contributed by atoms with E-state index in [1.54, 1.807) is 0 Å². The minimum atomic E-state index is -0.0758. The number of esters is 1. The van der Waals surface area contributed by atoms with Gasteiger partial charge in [-0.2, -0.15) is 0 Å². The topological polar surface area (TPSA) is 26.3 Å². The first-order chi connectivity index (χ1) is 8.58. The molecule has 0 unspecified atom stereocenters. The third kappa shape index (κ3) is 2.77. The standard InChI is InChI=1S/C15H19BrO2/c1-3-18-14(17)8-9-15(10-11(15)2)12-4-6-13(16)7-5-12/h4-7,11H,3,8-10H2,1-2H3/t11-,15+/m1/s1. The van der Waals surface area contributed by atoms with Crippen molar-refractivity contribution in [3.63, 3.8) is 0 Å². The maximum absolute atomic E-state index is 11.5. The summed E-state index contributed by atoms with van der Waals surface area (Å²) in [5.41, 5.74) is 1.55. The van der Waals surface area contributed by atoms with Gasteiger partial charge in [0, 0.05) is 10.9 Å². The highest BCUT2D eigenvalue weighted by atomic mass is 79.9. The summed E-state index contributed by atoms with van der Waals surface area (Å²) in [6, 6.07) is 8.48. The molecule has 0 radical (unpaired) electrons.